The van der Waals surface area contributed by atoms with Crippen molar-refractivity contribution < 1.29 is 8.42 Å². The Morgan fingerprint density at radius 2 is 1.89 bits per heavy atom. The highest BCUT2D eigenvalue weighted by atomic mass is 32.2. The molecule has 0 aliphatic rings. The summed E-state index contributed by atoms with van der Waals surface area (Å²) in [5.74, 6) is -0.0568. The number of nitrogens with one attached hydrogen (secondary N) is 2. The van der Waals surface area contributed by atoms with Gasteiger partial charge in [-0.2, -0.15) is 10.2 Å². The molecule has 2 rings (SSSR count). The van der Waals surface area contributed by atoms with Crippen LogP contribution in [-0.2, 0) is 10.0 Å². The second-order valence-corrected chi connectivity index (χ2v) is 5.42. The molecule has 8 nitrogen and oxygen atoms in total. The molecular formula is C9H12N6O2S. The van der Waals surface area contributed by atoms with Crippen LogP contribution < -0.4 is 4.72 Å². The van der Waals surface area contributed by atoms with Gasteiger partial charge in [0.2, 0.25) is 0 Å². The van der Waals surface area contributed by atoms with Crippen molar-refractivity contribution in [3.05, 3.63) is 23.3 Å². The third-order valence-corrected chi connectivity index (χ3v) is 3.83. The Morgan fingerprint density at radius 3 is 2.44 bits per heavy atom. The molecule has 0 aromatic carbocycles. The van der Waals surface area contributed by atoms with Gasteiger partial charge >= 0.3 is 0 Å². The fourth-order valence-corrected chi connectivity index (χ4v) is 2.36. The van der Waals surface area contributed by atoms with Crippen LogP contribution in [0.4, 0.5) is 5.95 Å². The smallest absolute Gasteiger partial charge is 0.267 e. The van der Waals surface area contributed by atoms with Gasteiger partial charge in [0.1, 0.15) is 4.90 Å². The average Bonchev–Trinajstić information content (AvgIpc) is 2.70. The molecule has 2 heterocycles. The zero-order valence-corrected chi connectivity index (χ0v) is 10.9. The Labute approximate surface area is 104 Å². The highest BCUT2D eigenvalue weighted by molar-refractivity contribution is 7.92. The van der Waals surface area contributed by atoms with Crippen molar-refractivity contribution in [3.8, 4) is 0 Å². The topological polar surface area (TPSA) is 114 Å². The largest absolute Gasteiger partial charge is 0.281 e. The van der Waals surface area contributed by atoms with Gasteiger partial charge in [0.15, 0.2) is 0 Å². The highest BCUT2D eigenvalue weighted by Gasteiger charge is 2.20. The molecule has 0 radical (unpaired) electrons. The Balaban J connectivity index is 2.34. The zero-order valence-electron chi connectivity index (χ0n) is 10.1. The molecule has 9 heteroatoms. The monoisotopic (exact) mass is 268 g/mol. The van der Waals surface area contributed by atoms with E-state index in [9.17, 15) is 8.42 Å². The first kappa shape index (κ1) is 12.4. The van der Waals surface area contributed by atoms with Gasteiger partial charge in [-0.15, -0.1) is 5.10 Å². The summed E-state index contributed by atoms with van der Waals surface area (Å²) in [6.45, 7) is 5.08. The Bertz CT molecular complexity index is 678. The number of H-pyrrole nitrogens is 1. The van der Waals surface area contributed by atoms with E-state index in [0.29, 0.717) is 17.1 Å². The molecule has 2 aromatic heterocycles. The fraction of sp³-hybridized carbons (Fsp3) is 0.333. The van der Waals surface area contributed by atoms with Crippen molar-refractivity contribution in [1.82, 2.24) is 25.4 Å². The van der Waals surface area contributed by atoms with E-state index in [2.05, 4.69) is 30.1 Å². The van der Waals surface area contributed by atoms with E-state index < -0.39 is 10.0 Å². The molecule has 96 valence electrons. The maximum absolute atomic E-state index is 12.0. The van der Waals surface area contributed by atoms with Gasteiger partial charge in [-0.25, -0.2) is 18.1 Å². The third kappa shape index (κ3) is 2.30. The average molecular weight is 268 g/mol. The minimum atomic E-state index is -3.74. The van der Waals surface area contributed by atoms with Gasteiger partial charge in [-0.1, -0.05) is 0 Å². The number of aromatic nitrogens is 5. The first-order chi connectivity index (χ1) is 8.40. The van der Waals surface area contributed by atoms with Crippen molar-refractivity contribution in [2.45, 2.75) is 25.7 Å². The number of hydrogen-bond donors (Lipinski definition) is 2. The minimum Gasteiger partial charge on any atom is -0.281 e. The Hall–Kier alpha value is -2.03. The molecule has 0 aliphatic carbocycles. The molecule has 0 amide bonds. The van der Waals surface area contributed by atoms with Crippen molar-refractivity contribution in [3.63, 3.8) is 0 Å². The maximum atomic E-state index is 12.0. The van der Waals surface area contributed by atoms with Gasteiger partial charge < -0.3 is 0 Å². The molecule has 0 saturated heterocycles. The van der Waals surface area contributed by atoms with E-state index in [1.54, 1.807) is 20.8 Å². The molecular weight excluding hydrogens is 256 g/mol. The fourth-order valence-electron chi connectivity index (χ4n) is 1.29. The lowest BCUT2D eigenvalue weighted by molar-refractivity contribution is 0.600. The number of hydrogen-bond acceptors (Lipinski definition) is 6. The maximum Gasteiger partial charge on any atom is 0.267 e. The normalized spacial score (nSPS) is 11.5. The van der Waals surface area contributed by atoms with E-state index in [4.69, 9.17) is 0 Å². The summed E-state index contributed by atoms with van der Waals surface area (Å²) in [6.07, 6.45) is 1.23. The predicted octanol–water partition coefficient (Wildman–Crippen LogP) is 0.321. The Morgan fingerprint density at radius 1 is 1.17 bits per heavy atom. The summed E-state index contributed by atoms with van der Waals surface area (Å²) in [6, 6.07) is 0. The van der Waals surface area contributed by atoms with E-state index in [1.807, 2.05) is 0 Å². The van der Waals surface area contributed by atoms with Gasteiger partial charge in [0.05, 0.1) is 23.3 Å². The van der Waals surface area contributed by atoms with Gasteiger partial charge in [-0.3, -0.25) is 5.10 Å². The second-order valence-electron chi connectivity index (χ2n) is 3.77. The van der Waals surface area contributed by atoms with E-state index in [0.717, 1.165) is 0 Å². The number of aromatic amines is 1. The first-order valence-corrected chi connectivity index (χ1v) is 6.59. The van der Waals surface area contributed by atoms with Crippen molar-refractivity contribution in [1.29, 1.82) is 0 Å². The zero-order chi connectivity index (χ0) is 13.3. The molecule has 0 atom stereocenters. The van der Waals surface area contributed by atoms with Crippen LogP contribution in [0.2, 0.25) is 0 Å². The number of rotatable bonds is 3. The first-order valence-electron chi connectivity index (χ1n) is 5.11. The molecule has 0 bridgehead atoms. The molecule has 0 saturated carbocycles. The number of aryl methyl sites for hydroxylation is 3. The molecule has 2 N–H and O–H groups in total. The van der Waals surface area contributed by atoms with Crippen molar-refractivity contribution >= 4 is 16.0 Å². The van der Waals surface area contributed by atoms with Crippen LogP contribution in [0.25, 0.3) is 0 Å². The minimum absolute atomic E-state index is 0.0568. The summed E-state index contributed by atoms with van der Waals surface area (Å²) < 4.78 is 26.3. The van der Waals surface area contributed by atoms with Crippen LogP contribution >= 0.6 is 0 Å². The van der Waals surface area contributed by atoms with Crippen LogP contribution in [0, 0.1) is 20.8 Å². The molecule has 0 unspecified atom stereocenters. The van der Waals surface area contributed by atoms with Crippen molar-refractivity contribution in [2.75, 3.05) is 4.72 Å². The van der Waals surface area contributed by atoms with E-state index in [-0.39, 0.29) is 10.8 Å². The van der Waals surface area contributed by atoms with Crippen molar-refractivity contribution in [2.24, 2.45) is 0 Å². The summed E-state index contributed by atoms with van der Waals surface area (Å²) in [5, 5.41) is 13.7. The number of sulfonamides is 1. The third-order valence-electron chi connectivity index (χ3n) is 2.39. The lowest BCUT2D eigenvalue weighted by Crippen LogP contribution is -2.16. The SMILES string of the molecule is Cc1nnc(NS(=O)(=O)c2cn[nH]c2C)nc1C. The van der Waals surface area contributed by atoms with Crippen LogP contribution in [0.5, 0.6) is 0 Å². The van der Waals surface area contributed by atoms with Gasteiger partial charge in [0.25, 0.3) is 16.0 Å². The van der Waals surface area contributed by atoms with Crippen LogP contribution in [0.15, 0.2) is 11.1 Å². The number of nitrogens with zero attached hydrogens (tertiary/aromatic N) is 4. The molecule has 0 fully saturated rings. The van der Waals surface area contributed by atoms with Crippen LogP contribution in [0.3, 0.4) is 0 Å². The lowest BCUT2D eigenvalue weighted by atomic mass is 10.4. The molecule has 0 spiro atoms. The summed E-state index contributed by atoms with van der Waals surface area (Å²) in [5.41, 5.74) is 1.71. The molecule has 0 aliphatic heterocycles. The quantitative estimate of drug-likeness (QED) is 0.828. The molecule has 2 aromatic rings. The second kappa shape index (κ2) is 4.33. The lowest BCUT2D eigenvalue weighted by Gasteiger charge is -2.06. The summed E-state index contributed by atoms with van der Waals surface area (Å²) >= 11 is 0. The van der Waals surface area contributed by atoms with Gasteiger partial charge in [0, 0.05) is 0 Å². The predicted molar refractivity (Wildman–Crippen MR) is 63.4 cm³/mol. The summed E-state index contributed by atoms with van der Waals surface area (Å²) in [4.78, 5) is 4.06. The molecule has 18 heavy (non-hydrogen) atoms. The van der Waals surface area contributed by atoms with Crippen LogP contribution in [0.1, 0.15) is 17.1 Å². The van der Waals surface area contributed by atoms with E-state index in [1.165, 1.54) is 6.20 Å². The Kier molecular flexibility index (Phi) is 2.99. The van der Waals surface area contributed by atoms with Gasteiger partial charge in [-0.05, 0) is 20.8 Å². The highest BCUT2D eigenvalue weighted by Crippen LogP contribution is 2.14. The standard InChI is InChI=1S/C9H12N6O2S/c1-5-6(2)13-14-9(11-5)15-18(16,17)8-4-10-12-7(8)3/h4H,1-3H3,(H,10,12)(H,11,14,15). The van der Waals surface area contributed by atoms with E-state index >= 15 is 0 Å². The summed E-state index contributed by atoms with van der Waals surface area (Å²) in [7, 11) is -3.74. The van der Waals surface area contributed by atoms with Crippen LogP contribution in [-0.4, -0.2) is 33.8 Å². The number of anilines is 1.